The molecule has 1 aliphatic heterocycles. The summed E-state index contributed by atoms with van der Waals surface area (Å²) in [5.74, 6) is 0.893. The maximum absolute atomic E-state index is 7.79. The van der Waals surface area contributed by atoms with Crippen LogP contribution in [-0.4, -0.2) is 7.28 Å². The van der Waals surface area contributed by atoms with E-state index in [0.717, 1.165) is 59.7 Å². The van der Waals surface area contributed by atoms with Gasteiger partial charge in [-0.1, -0.05) is 216 Å². The minimum absolute atomic E-state index is 0.00121. The molecule has 2 heterocycles. The number of nitrogens with one attached hydrogen (secondary N) is 1. The molecular weight excluding hydrogens is 1090 g/mol. The van der Waals surface area contributed by atoms with Crippen LogP contribution < -0.4 is 21.1 Å². The highest BCUT2D eigenvalue weighted by atomic mass is 16.4. The van der Waals surface area contributed by atoms with Gasteiger partial charge in [-0.05, 0) is 238 Å². The van der Waals surface area contributed by atoms with Crippen LogP contribution in [0.2, 0.25) is 0 Å². The third-order valence-electron chi connectivity index (χ3n) is 24.2. The Morgan fingerprint density at radius 2 is 1.03 bits per heavy atom. The fourth-order valence-corrected chi connectivity index (χ4v) is 18.1. The first-order chi connectivity index (χ1) is 42.5. The van der Waals surface area contributed by atoms with Crippen molar-refractivity contribution in [3.05, 3.63) is 195 Å². The summed E-state index contributed by atoms with van der Waals surface area (Å²) in [5.41, 5.74) is 33.6. The lowest BCUT2D eigenvalue weighted by Crippen LogP contribution is -2.41. The van der Waals surface area contributed by atoms with Crippen LogP contribution >= 0.6 is 0 Å². The fraction of sp³-hybridized carbons (Fsp3) is 0.419. The fourth-order valence-electron chi connectivity index (χ4n) is 18.1. The number of hydrogen-bond acceptors (Lipinski definition) is 3. The summed E-state index contributed by atoms with van der Waals surface area (Å²) in [5, 5.41) is 5.51. The van der Waals surface area contributed by atoms with E-state index in [-0.39, 0.29) is 43.3 Å². The zero-order valence-electron chi connectivity index (χ0n) is 57.4. The summed E-state index contributed by atoms with van der Waals surface area (Å²) < 4.78 is 7.79. The maximum Gasteiger partial charge on any atom is 0.203 e. The number of rotatable bonds is 10. The summed E-state index contributed by atoms with van der Waals surface area (Å²) in [6.45, 7) is 41.9. The molecule has 8 aromatic carbocycles. The second-order valence-corrected chi connectivity index (χ2v) is 33.7. The van der Waals surface area contributed by atoms with Crippen molar-refractivity contribution in [3.8, 4) is 44.5 Å². The number of benzene rings is 8. The zero-order valence-corrected chi connectivity index (χ0v) is 57.4. The van der Waals surface area contributed by atoms with Gasteiger partial charge >= 0.3 is 0 Å². The number of hydrogen-bond donors (Lipinski definition) is 1. The Labute approximate surface area is 540 Å². The van der Waals surface area contributed by atoms with Gasteiger partial charge in [-0.3, -0.25) is 4.90 Å². The molecule has 0 saturated heterocycles. The molecule has 6 aliphatic rings. The lowest BCUT2D eigenvalue weighted by atomic mass is 9.56. The highest BCUT2D eigenvalue weighted by Crippen LogP contribution is 2.62. The molecule has 459 valence electrons. The van der Waals surface area contributed by atoms with Crippen molar-refractivity contribution in [2.45, 2.75) is 232 Å². The molecule has 5 aliphatic carbocycles. The predicted octanol–water partition coefficient (Wildman–Crippen LogP) is 22.7. The Bertz CT molecular complexity index is 4470. The van der Waals surface area contributed by atoms with Gasteiger partial charge in [0.1, 0.15) is 5.58 Å². The molecule has 0 atom stereocenters. The first-order valence-electron chi connectivity index (χ1n) is 34.6. The van der Waals surface area contributed by atoms with Gasteiger partial charge in [-0.25, -0.2) is 0 Å². The molecule has 0 unspecified atom stereocenters. The highest BCUT2D eigenvalue weighted by Gasteiger charge is 2.49. The molecule has 1 N–H and O–H groups in total. The Morgan fingerprint density at radius 1 is 0.433 bits per heavy atom. The third kappa shape index (κ3) is 8.84. The van der Waals surface area contributed by atoms with Gasteiger partial charge in [0.05, 0.1) is 11.4 Å². The smallest absolute Gasteiger partial charge is 0.203 e. The van der Waals surface area contributed by atoms with Gasteiger partial charge in [-0.15, -0.1) is 0 Å². The van der Waals surface area contributed by atoms with Gasteiger partial charge in [0, 0.05) is 44.3 Å². The van der Waals surface area contributed by atoms with Crippen LogP contribution in [0.25, 0.3) is 55.5 Å². The van der Waals surface area contributed by atoms with Crippen molar-refractivity contribution in [1.29, 1.82) is 0 Å². The van der Waals surface area contributed by atoms with E-state index in [9.17, 15) is 0 Å². The molecule has 0 saturated carbocycles. The molecule has 0 bridgehead atoms. The van der Waals surface area contributed by atoms with Crippen LogP contribution in [0.15, 0.2) is 138 Å². The molecule has 4 heteroatoms. The van der Waals surface area contributed by atoms with Crippen LogP contribution in [0, 0.1) is 0 Å². The van der Waals surface area contributed by atoms with Crippen LogP contribution in [-0.2, 0) is 49.7 Å². The first kappa shape index (κ1) is 59.3. The van der Waals surface area contributed by atoms with Crippen molar-refractivity contribution < 1.29 is 4.42 Å². The summed E-state index contributed by atoms with van der Waals surface area (Å²) in [6.07, 6.45) is 12.9. The molecular formula is C86H96BN2O. The third-order valence-corrected chi connectivity index (χ3v) is 24.2. The molecule has 15 rings (SSSR count). The zero-order chi connectivity index (χ0) is 63.2. The maximum atomic E-state index is 7.79. The topological polar surface area (TPSA) is 28.4 Å². The molecule has 1 radical (unpaired) electrons. The van der Waals surface area contributed by atoms with Gasteiger partial charge in [0.15, 0.2) is 5.88 Å². The lowest BCUT2D eigenvalue weighted by molar-refractivity contribution is 0.331. The van der Waals surface area contributed by atoms with E-state index in [1.165, 1.54) is 167 Å². The summed E-state index contributed by atoms with van der Waals surface area (Å²) in [7, 11) is 2.60. The number of unbranched alkanes of at least 4 members (excludes halogenated alkanes) is 3. The molecule has 90 heavy (non-hydrogen) atoms. The summed E-state index contributed by atoms with van der Waals surface area (Å²) in [6, 6.07) is 53.3. The number of aryl methyl sites for hydroxylation is 1. The Kier molecular flexibility index (Phi) is 13.2. The SMILES string of the molecule is CCCCCCc1ccc(N2c3oc4cc5c(cc4c3[B]c3c(-c4c(Nc6ccc7c(c6)C(C)(C)CCC7(C)C)ccc6c4C(C)(C)c4cc7c(cc4-6)C(C)(C)CCC7(C)C)cc4c(c32)-c2ccccc2C4(C)C)C(C)(C)CCC5(C)C)c(-c2ccccc2)c1. The van der Waals surface area contributed by atoms with Crippen molar-refractivity contribution in [3.63, 3.8) is 0 Å². The summed E-state index contributed by atoms with van der Waals surface area (Å²) >= 11 is 0. The second kappa shape index (κ2) is 20.0. The molecule has 0 spiro atoms. The van der Waals surface area contributed by atoms with E-state index < -0.39 is 0 Å². The molecule has 0 fully saturated rings. The second-order valence-electron chi connectivity index (χ2n) is 33.7. The number of anilines is 5. The quantitative estimate of drug-likeness (QED) is 0.109. The average molecular weight is 1180 g/mol. The predicted molar refractivity (Wildman–Crippen MR) is 385 cm³/mol. The molecule has 0 amide bonds. The average Bonchev–Trinajstić information content (AvgIpc) is 1.49. The van der Waals surface area contributed by atoms with Gasteiger partial charge in [0.25, 0.3) is 0 Å². The normalized spacial score (nSPS) is 19.7. The van der Waals surface area contributed by atoms with Crippen molar-refractivity contribution in [2.24, 2.45) is 0 Å². The van der Waals surface area contributed by atoms with Crippen molar-refractivity contribution in [2.75, 3.05) is 10.2 Å². The first-order valence-corrected chi connectivity index (χ1v) is 34.6. The van der Waals surface area contributed by atoms with E-state index in [0.29, 0.717) is 0 Å². The van der Waals surface area contributed by atoms with Crippen molar-refractivity contribution in [1.82, 2.24) is 0 Å². The standard InChI is InChI=1S/C86H96BN2O/c1-18-19-20-22-27-51-32-37-70(56(44-51)52-28-23-21-24-29-52)89-77-72-55-30-25-26-31-60(55)85(14,15)68(72)48-59(75(77)87-76-58-47-65-67(50-71(58)90-78(76)89)84(12,13)43-41-82(65,8)9)73-69(88-53-33-35-61-63(45-53)80(4,5)39-38-79(61,2)3)36-34-54-57-46-64-66(49-62(57)86(16,17)74(54)73)83(10,11)42-40-81(64,6)7/h21,23-26,28-37,44-50,88H,18-20,22,27,38-43H2,1-17H3. The van der Waals surface area contributed by atoms with Crippen molar-refractivity contribution >= 4 is 57.8 Å². The number of fused-ring (bicyclic) bond motifs is 14. The van der Waals surface area contributed by atoms with E-state index in [4.69, 9.17) is 4.42 Å². The van der Waals surface area contributed by atoms with Crippen LogP contribution in [0.1, 0.15) is 243 Å². The Balaban J connectivity index is 1.08. The Hall–Kier alpha value is -7.04. The molecule has 3 nitrogen and oxygen atoms in total. The molecule has 1 aromatic heterocycles. The minimum atomic E-state index is -0.372. The van der Waals surface area contributed by atoms with Crippen LogP contribution in [0.4, 0.5) is 28.6 Å². The summed E-state index contributed by atoms with van der Waals surface area (Å²) in [4.78, 5) is 2.63. The van der Waals surface area contributed by atoms with E-state index in [1.54, 1.807) is 0 Å². The van der Waals surface area contributed by atoms with E-state index >= 15 is 0 Å². The van der Waals surface area contributed by atoms with Gasteiger partial charge in [-0.2, -0.15) is 0 Å². The van der Waals surface area contributed by atoms with Crippen LogP contribution in [0.5, 0.6) is 0 Å². The monoisotopic (exact) mass is 1180 g/mol. The van der Waals surface area contributed by atoms with Gasteiger partial charge in [0.2, 0.25) is 7.28 Å². The van der Waals surface area contributed by atoms with Gasteiger partial charge < -0.3 is 9.73 Å². The number of furan rings is 1. The lowest BCUT2D eigenvalue weighted by Gasteiger charge is -2.42. The minimum Gasteiger partial charge on any atom is -0.440 e. The Morgan fingerprint density at radius 3 is 1.71 bits per heavy atom. The highest BCUT2D eigenvalue weighted by molar-refractivity contribution is 6.75. The largest absolute Gasteiger partial charge is 0.440 e. The van der Waals surface area contributed by atoms with E-state index in [1.807, 2.05) is 0 Å². The number of nitrogens with zero attached hydrogens (tertiary/aromatic N) is 1. The van der Waals surface area contributed by atoms with E-state index in [2.05, 4.69) is 269 Å². The van der Waals surface area contributed by atoms with Crippen LogP contribution in [0.3, 0.4) is 0 Å². The molecule has 9 aromatic rings.